The van der Waals surface area contributed by atoms with Gasteiger partial charge in [0.25, 0.3) is 0 Å². The van der Waals surface area contributed by atoms with Crippen LogP contribution in [0.5, 0.6) is 0 Å². The van der Waals surface area contributed by atoms with Crippen molar-refractivity contribution in [2.75, 3.05) is 0 Å². The van der Waals surface area contributed by atoms with Gasteiger partial charge in [0.15, 0.2) is 0 Å². The lowest BCUT2D eigenvalue weighted by molar-refractivity contribution is 0.876. The molecule has 0 amide bonds. The predicted molar refractivity (Wildman–Crippen MR) is 67.5 cm³/mol. The van der Waals surface area contributed by atoms with Crippen LogP contribution in [0.2, 0.25) is 0 Å². The molecule has 78 valence electrons. The van der Waals surface area contributed by atoms with E-state index < -0.39 is 0 Å². The molecule has 0 bridgehead atoms. The fraction of sp³-hybridized carbons (Fsp3) is 0.333. The fourth-order valence-electron chi connectivity index (χ4n) is 2.13. The molecule has 0 fully saturated rings. The Balaban J connectivity index is 2.82. The molecule has 0 radical (unpaired) electrons. The molecule has 0 saturated carbocycles. The van der Waals surface area contributed by atoms with E-state index >= 15 is 0 Å². The van der Waals surface area contributed by atoms with Crippen LogP contribution in [0.15, 0.2) is 30.3 Å². The van der Waals surface area contributed by atoms with Gasteiger partial charge >= 0.3 is 0 Å². The molecule has 0 saturated heterocycles. The molecule has 0 heteroatoms. The van der Waals surface area contributed by atoms with Gasteiger partial charge in [-0.1, -0.05) is 49.7 Å². The van der Waals surface area contributed by atoms with E-state index in [1.807, 2.05) is 0 Å². The molecular formula is C15H18. The maximum Gasteiger partial charge on any atom is -0.0146 e. The van der Waals surface area contributed by atoms with E-state index in [2.05, 4.69) is 58.0 Å². The van der Waals surface area contributed by atoms with Crippen molar-refractivity contribution >= 4 is 10.8 Å². The third-order valence-corrected chi connectivity index (χ3v) is 3.05. The van der Waals surface area contributed by atoms with Crippen LogP contribution < -0.4 is 0 Å². The second-order valence-corrected chi connectivity index (χ2v) is 4.68. The summed E-state index contributed by atoms with van der Waals surface area (Å²) < 4.78 is 0. The zero-order valence-corrected chi connectivity index (χ0v) is 9.96. The lowest BCUT2D eigenvalue weighted by atomic mass is 9.93. The molecule has 0 aliphatic carbocycles. The first-order valence-corrected chi connectivity index (χ1v) is 5.59. The molecule has 2 aromatic rings. The smallest absolute Gasteiger partial charge is 0.0146 e. The first kappa shape index (κ1) is 10.2. The van der Waals surface area contributed by atoms with Crippen LogP contribution in [0.1, 0.15) is 36.5 Å². The van der Waals surface area contributed by atoms with Gasteiger partial charge < -0.3 is 0 Å². The van der Waals surface area contributed by atoms with Crippen LogP contribution in [-0.2, 0) is 0 Å². The first-order chi connectivity index (χ1) is 7.09. The maximum atomic E-state index is 2.29. The van der Waals surface area contributed by atoms with Gasteiger partial charge in [0.05, 0.1) is 0 Å². The fourth-order valence-corrected chi connectivity index (χ4v) is 2.13. The highest BCUT2D eigenvalue weighted by molar-refractivity contribution is 5.89. The number of benzene rings is 2. The van der Waals surface area contributed by atoms with Gasteiger partial charge in [0.1, 0.15) is 0 Å². The minimum absolute atomic E-state index is 0.593. The number of hydrogen-bond acceptors (Lipinski definition) is 0. The second-order valence-electron chi connectivity index (χ2n) is 4.68. The summed E-state index contributed by atoms with van der Waals surface area (Å²) in [6.45, 7) is 8.85. The number of aryl methyl sites for hydroxylation is 2. The number of hydrogen-bond donors (Lipinski definition) is 0. The van der Waals surface area contributed by atoms with E-state index in [4.69, 9.17) is 0 Å². The predicted octanol–water partition coefficient (Wildman–Crippen LogP) is 4.58. The van der Waals surface area contributed by atoms with Crippen molar-refractivity contribution < 1.29 is 0 Å². The maximum absolute atomic E-state index is 2.29. The molecule has 0 spiro atoms. The average Bonchev–Trinajstić information content (AvgIpc) is 2.19. The largest absolute Gasteiger partial charge is 0.0587 e. The summed E-state index contributed by atoms with van der Waals surface area (Å²) in [5.74, 6) is 0.593. The summed E-state index contributed by atoms with van der Waals surface area (Å²) in [6.07, 6.45) is 0. The molecule has 2 aromatic carbocycles. The average molecular weight is 198 g/mol. The highest BCUT2D eigenvalue weighted by Crippen LogP contribution is 2.28. The Morgan fingerprint density at radius 1 is 0.867 bits per heavy atom. The van der Waals surface area contributed by atoms with Crippen LogP contribution in [0.25, 0.3) is 10.8 Å². The summed E-state index contributed by atoms with van der Waals surface area (Å²) in [5.41, 5.74) is 4.17. The molecule has 0 N–H and O–H groups in total. The van der Waals surface area contributed by atoms with Crippen molar-refractivity contribution in [3.63, 3.8) is 0 Å². The third-order valence-electron chi connectivity index (χ3n) is 3.05. The van der Waals surface area contributed by atoms with E-state index in [9.17, 15) is 0 Å². The Morgan fingerprint density at radius 2 is 1.60 bits per heavy atom. The Kier molecular flexibility index (Phi) is 2.52. The minimum Gasteiger partial charge on any atom is -0.0587 e. The summed E-state index contributed by atoms with van der Waals surface area (Å²) in [4.78, 5) is 0. The Morgan fingerprint density at radius 3 is 2.27 bits per heavy atom. The van der Waals surface area contributed by atoms with Gasteiger partial charge in [0.2, 0.25) is 0 Å². The molecule has 0 aromatic heterocycles. The summed E-state index contributed by atoms with van der Waals surface area (Å²) in [5, 5.41) is 2.82. The highest BCUT2D eigenvalue weighted by Gasteiger charge is 2.06. The molecule has 0 nitrogen and oxygen atoms in total. The SMILES string of the molecule is Cc1ccc2c(C(C)C)ccc(C)c2c1. The van der Waals surface area contributed by atoms with Gasteiger partial charge in [-0.3, -0.25) is 0 Å². The monoisotopic (exact) mass is 198 g/mol. The van der Waals surface area contributed by atoms with Crippen molar-refractivity contribution in [3.05, 3.63) is 47.0 Å². The zero-order valence-electron chi connectivity index (χ0n) is 9.96. The van der Waals surface area contributed by atoms with Crippen molar-refractivity contribution in [1.82, 2.24) is 0 Å². The summed E-state index contributed by atoms with van der Waals surface area (Å²) in [7, 11) is 0. The molecule has 0 aliphatic heterocycles. The van der Waals surface area contributed by atoms with Gasteiger partial charge in [-0.2, -0.15) is 0 Å². The quantitative estimate of drug-likeness (QED) is 0.629. The second kappa shape index (κ2) is 3.69. The van der Waals surface area contributed by atoms with Crippen LogP contribution in [0.3, 0.4) is 0 Å². The lowest BCUT2D eigenvalue weighted by Crippen LogP contribution is -1.91. The normalized spacial score (nSPS) is 11.3. The van der Waals surface area contributed by atoms with E-state index in [0.29, 0.717) is 5.92 Å². The zero-order chi connectivity index (χ0) is 11.0. The Hall–Kier alpha value is -1.30. The molecular weight excluding hydrogens is 180 g/mol. The van der Waals surface area contributed by atoms with Gasteiger partial charge in [-0.05, 0) is 41.7 Å². The molecule has 15 heavy (non-hydrogen) atoms. The number of fused-ring (bicyclic) bond motifs is 1. The highest BCUT2D eigenvalue weighted by atomic mass is 14.1. The van der Waals surface area contributed by atoms with Crippen molar-refractivity contribution in [2.24, 2.45) is 0 Å². The Bertz CT molecular complexity index is 493. The van der Waals surface area contributed by atoms with E-state index in [1.54, 1.807) is 0 Å². The van der Waals surface area contributed by atoms with Gasteiger partial charge in [0, 0.05) is 0 Å². The summed E-state index contributed by atoms with van der Waals surface area (Å²) in [6, 6.07) is 11.2. The van der Waals surface area contributed by atoms with Crippen LogP contribution >= 0.6 is 0 Å². The molecule has 0 heterocycles. The lowest BCUT2D eigenvalue weighted by Gasteiger charge is -2.12. The van der Waals surface area contributed by atoms with Crippen LogP contribution in [0, 0.1) is 13.8 Å². The molecule has 2 rings (SSSR count). The topological polar surface area (TPSA) is 0 Å². The van der Waals surface area contributed by atoms with Crippen molar-refractivity contribution in [3.8, 4) is 0 Å². The molecule has 0 atom stereocenters. The molecule has 0 aliphatic rings. The summed E-state index contributed by atoms with van der Waals surface area (Å²) >= 11 is 0. The van der Waals surface area contributed by atoms with Crippen molar-refractivity contribution in [2.45, 2.75) is 33.6 Å². The van der Waals surface area contributed by atoms with Crippen LogP contribution in [-0.4, -0.2) is 0 Å². The third kappa shape index (κ3) is 1.77. The van der Waals surface area contributed by atoms with E-state index in [1.165, 1.54) is 27.5 Å². The van der Waals surface area contributed by atoms with Gasteiger partial charge in [-0.25, -0.2) is 0 Å². The Labute approximate surface area is 91.9 Å². The first-order valence-electron chi connectivity index (χ1n) is 5.59. The van der Waals surface area contributed by atoms with E-state index in [0.717, 1.165) is 0 Å². The minimum atomic E-state index is 0.593. The van der Waals surface area contributed by atoms with E-state index in [-0.39, 0.29) is 0 Å². The standard InChI is InChI=1S/C15H18/c1-10(2)13-8-6-12(4)15-9-11(3)5-7-14(13)15/h5-10H,1-4H3. The number of rotatable bonds is 1. The van der Waals surface area contributed by atoms with Gasteiger partial charge in [-0.15, -0.1) is 0 Å². The molecule has 0 unspecified atom stereocenters. The van der Waals surface area contributed by atoms with Crippen LogP contribution in [0.4, 0.5) is 0 Å². The van der Waals surface area contributed by atoms with Crippen molar-refractivity contribution in [1.29, 1.82) is 0 Å².